The number of aromatic nitrogens is 1. The maximum absolute atomic E-state index is 12.6. The fraction of sp³-hybridized carbons (Fsp3) is 0.261. The SMILES string of the molecule is NC(=O)C1CCCN(Cc2ccc(NC(=O)c3cc4ccccc4[nH]c3=O)cc2)C1. The van der Waals surface area contributed by atoms with Gasteiger partial charge in [0.25, 0.3) is 11.5 Å². The van der Waals surface area contributed by atoms with E-state index >= 15 is 0 Å². The number of primary amides is 1. The largest absolute Gasteiger partial charge is 0.369 e. The number of rotatable bonds is 5. The first-order valence-electron chi connectivity index (χ1n) is 10.0. The van der Waals surface area contributed by atoms with Crippen LogP contribution in [0.1, 0.15) is 28.8 Å². The molecular formula is C23H24N4O3. The summed E-state index contributed by atoms with van der Waals surface area (Å²) in [6.45, 7) is 2.34. The van der Waals surface area contributed by atoms with Gasteiger partial charge in [0.1, 0.15) is 5.56 Å². The number of H-pyrrole nitrogens is 1. The summed E-state index contributed by atoms with van der Waals surface area (Å²) < 4.78 is 0. The lowest BCUT2D eigenvalue weighted by Crippen LogP contribution is -2.40. The van der Waals surface area contributed by atoms with E-state index in [-0.39, 0.29) is 17.4 Å². The molecule has 7 nitrogen and oxygen atoms in total. The summed E-state index contributed by atoms with van der Waals surface area (Å²) in [5.74, 6) is -0.770. The van der Waals surface area contributed by atoms with Gasteiger partial charge in [0, 0.05) is 24.3 Å². The Morgan fingerprint density at radius 1 is 1.13 bits per heavy atom. The van der Waals surface area contributed by atoms with E-state index in [1.54, 1.807) is 12.1 Å². The van der Waals surface area contributed by atoms with Gasteiger partial charge in [-0.1, -0.05) is 30.3 Å². The number of hydrogen-bond donors (Lipinski definition) is 3. The number of likely N-dealkylation sites (tertiary alicyclic amines) is 1. The molecule has 30 heavy (non-hydrogen) atoms. The minimum atomic E-state index is -0.449. The van der Waals surface area contributed by atoms with Crippen molar-refractivity contribution in [3.8, 4) is 0 Å². The Morgan fingerprint density at radius 2 is 1.90 bits per heavy atom. The van der Waals surface area contributed by atoms with Crippen molar-refractivity contribution in [2.75, 3.05) is 18.4 Å². The quantitative estimate of drug-likeness (QED) is 0.607. The van der Waals surface area contributed by atoms with Gasteiger partial charge in [-0.3, -0.25) is 19.3 Å². The number of pyridine rings is 1. The maximum atomic E-state index is 12.6. The predicted molar refractivity (Wildman–Crippen MR) is 116 cm³/mol. The van der Waals surface area contributed by atoms with Crippen LogP contribution in [0.15, 0.2) is 59.4 Å². The first kappa shape index (κ1) is 19.8. The molecule has 7 heteroatoms. The maximum Gasteiger partial charge on any atom is 0.261 e. The van der Waals surface area contributed by atoms with Gasteiger partial charge in [0.05, 0.1) is 5.92 Å². The van der Waals surface area contributed by atoms with Crippen LogP contribution in [0.4, 0.5) is 5.69 Å². The van der Waals surface area contributed by atoms with Crippen molar-refractivity contribution in [1.82, 2.24) is 9.88 Å². The van der Waals surface area contributed by atoms with Crippen LogP contribution < -0.4 is 16.6 Å². The third-order valence-corrected chi connectivity index (χ3v) is 5.52. The van der Waals surface area contributed by atoms with E-state index in [0.29, 0.717) is 17.7 Å². The molecule has 0 saturated carbocycles. The highest BCUT2D eigenvalue weighted by molar-refractivity contribution is 6.05. The number of para-hydroxylation sites is 1. The summed E-state index contributed by atoms with van der Waals surface area (Å²) in [5, 5.41) is 3.58. The van der Waals surface area contributed by atoms with Crippen molar-refractivity contribution in [2.24, 2.45) is 11.7 Å². The lowest BCUT2D eigenvalue weighted by atomic mass is 9.97. The summed E-state index contributed by atoms with van der Waals surface area (Å²) in [4.78, 5) is 41.3. The molecule has 4 rings (SSSR count). The third kappa shape index (κ3) is 4.41. The van der Waals surface area contributed by atoms with Crippen LogP contribution in [0.2, 0.25) is 0 Å². The van der Waals surface area contributed by atoms with Crippen LogP contribution in [0.5, 0.6) is 0 Å². The van der Waals surface area contributed by atoms with E-state index in [2.05, 4.69) is 15.2 Å². The number of carbonyl (C=O) groups excluding carboxylic acids is 2. The van der Waals surface area contributed by atoms with E-state index in [9.17, 15) is 14.4 Å². The monoisotopic (exact) mass is 404 g/mol. The molecule has 0 bridgehead atoms. The Kier molecular flexibility index (Phi) is 5.63. The van der Waals surface area contributed by atoms with Crippen LogP contribution in [-0.4, -0.2) is 34.8 Å². The van der Waals surface area contributed by atoms with Gasteiger partial charge >= 0.3 is 0 Å². The number of carbonyl (C=O) groups is 2. The minimum absolute atomic E-state index is 0.0728. The molecule has 0 spiro atoms. The minimum Gasteiger partial charge on any atom is -0.369 e. The number of anilines is 1. The van der Waals surface area contributed by atoms with Crippen molar-refractivity contribution in [3.63, 3.8) is 0 Å². The van der Waals surface area contributed by atoms with Crippen molar-refractivity contribution in [2.45, 2.75) is 19.4 Å². The van der Waals surface area contributed by atoms with Gasteiger partial charge < -0.3 is 16.0 Å². The molecular weight excluding hydrogens is 380 g/mol. The highest BCUT2D eigenvalue weighted by Gasteiger charge is 2.23. The Labute approximate surface area is 173 Å². The molecule has 1 aromatic heterocycles. The zero-order valence-electron chi connectivity index (χ0n) is 16.6. The van der Waals surface area contributed by atoms with Gasteiger partial charge in [-0.15, -0.1) is 0 Å². The normalized spacial score (nSPS) is 17.0. The Morgan fingerprint density at radius 3 is 2.67 bits per heavy atom. The first-order chi connectivity index (χ1) is 14.5. The van der Waals surface area contributed by atoms with Gasteiger partial charge in [0.2, 0.25) is 5.91 Å². The lowest BCUT2D eigenvalue weighted by Gasteiger charge is -2.31. The zero-order chi connectivity index (χ0) is 21.1. The summed E-state index contributed by atoms with van der Waals surface area (Å²) in [6.07, 6.45) is 1.81. The second-order valence-corrected chi connectivity index (χ2v) is 7.73. The Bertz CT molecular complexity index is 1140. The molecule has 2 heterocycles. The summed E-state index contributed by atoms with van der Waals surface area (Å²) in [5.41, 5.74) is 7.50. The van der Waals surface area contributed by atoms with E-state index in [1.807, 2.05) is 42.5 Å². The van der Waals surface area contributed by atoms with Gasteiger partial charge in [-0.05, 0) is 54.6 Å². The summed E-state index contributed by atoms with van der Waals surface area (Å²) in [6, 6.07) is 16.4. The molecule has 0 radical (unpaired) electrons. The number of fused-ring (bicyclic) bond motifs is 1. The number of nitrogens with zero attached hydrogens (tertiary/aromatic N) is 1. The molecule has 1 aliphatic rings. The topological polar surface area (TPSA) is 108 Å². The molecule has 1 fully saturated rings. The van der Waals surface area contributed by atoms with Gasteiger partial charge in [-0.2, -0.15) is 0 Å². The fourth-order valence-corrected chi connectivity index (χ4v) is 3.90. The van der Waals surface area contributed by atoms with Crippen LogP contribution in [0.25, 0.3) is 10.9 Å². The number of nitrogens with one attached hydrogen (secondary N) is 2. The third-order valence-electron chi connectivity index (χ3n) is 5.52. The van der Waals surface area contributed by atoms with Crippen LogP contribution >= 0.6 is 0 Å². The van der Waals surface area contributed by atoms with Crippen molar-refractivity contribution >= 4 is 28.4 Å². The number of aromatic amines is 1. The van der Waals surface area contributed by atoms with E-state index in [1.165, 1.54) is 0 Å². The number of hydrogen-bond acceptors (Lipinski definition) is 4. The zero-order valence-corrected chi connectivity index (χ0v) is 16.6. The summed E-state index contributed by atoms with van der Waals surface area (Å²) >= 11 is 0. The van der Waals surface area contributed by atoms with Crippen molar-refractivity contribution in [3.05, 3.63) is 76.1 Å². The van der Waals surface area contributed by atoms with Gasteiger partial charge in [0.15, 0.2) is 0 Å². The Hall–Kier alpha value is -3.45. The second kappa shape index (κ2) is 8.51. The molecule has 1 saturated heterocycles. The van der Waals surface area contributed by atoms with Crippen LogP contribution in [0.3, 0.4) is 0 Å². The highest BCUT2D eigenvalue weighted by Crippen LogP contribution is 2.19. The van der Waals surface area contributed by atoms with Gasteiger partial charge in [-0.25, -0.2) is 0 Å². The van der Waals surface area contributed by atoms with E-state index in [4.69, 9.17) is 5.73 Å². The lowest BCUT2D eigenvalue weighted by molar-refractivity contribution is -0.123. The number of nitrogens with two attached hydrogens (primary N) is 1. The molecule has 1 unspecified atom stereocenters. The van der Waals surface area contributed by atoms with Crippen molar-refractivity contribution < 1.29 is 9.59 Å². The predicted octanol–water partition coefficient (Wildman–Crippen LogP) is 2.48. The molecule has 3 aromatic rings. The molecule has 4 N–H and O–H groups in total. The first-order valence-corrected chi connectivity index (χ1v) is 10.0. The molecule has 0 aliphatic carbocycles. The molecule has 1 atom stereocenters. The molecule has 1 aliphatic heterocycles. The van der Waals surface area contributed by atoms with Crippen molar-refractivity contribution in [1.29, 1.82) is 0 Å². The smallest absolute Gasteiger partial charge is 0.261 e. The summed E-state index contributed by atoms with van der Waals surface area (Å²) in [7, 11) is 0. The van der Waals surface area contributed by atoms with Crippen LogP contribution in [0, 0.1) is 5.92 Å². The van der Waals surface area contributed by atoms with E-state index < -0.39 is 11.5 Å². The average molecular weight is 404 g/mol. The molecule has 2 amide bonds. The number of amides is 2. The van der Waals surface area contributed by atoms with E-state index in [0.717, 1.165) is 36.9 Å². The van der Waals surface area contributed by atoms with Crippen LogP contribution in [-0.2, 0) is 11.3 Å². The molecule has 154 valence electrons. The fourth-order valence-electron chi connectivity index (χ4n) is 3.90. The number of piperidine rings is 1. The Balaban J connectivity index is 1.42. The average Bonchev–Trinajstić information content (AvgIpc) is 2.74. The second-order valence-electron chi connectivity index (χ2n) is 7.73. The standard InChI is InChI=1S/C23H24N4O3/c24-21(28)17-5-3-11-27(14-17)13-15-7-9-18(10-8-15)25-22(29)19-12-16-4-1-2-6-20(16)26-23(19)30/h1-2,4,6-10,12,17H,3,5,11,13-14H2,(H2,24,28)(H,25,29)(H,26,30). The number of benzene rings is 2. The molecule has 2 aromatic carbocycles. The highest BCUT2D eigenvalue weighted by atomic mass is 16.2.